The first kappa shape index (κ1) is 23.3. The summed E-state index contributed by atoms with van der Waals surface area (Å²) in [4.78, 5) is 6.92. The molecular weight excluding hydrogens is 476 g/mol. The van der Waals surface area contributed by atoms with Gasteiger partial charge in [0.15, 0.2) is 5.11 Å². The molecule has 6 rings (SSSR count). The standard InChI is InChI=1S/C31H28N4OS/c1-20-19-26(21(2)34(20)28-13-8-10-22-9-4-5-11-25(22)28)30-29(27-12-6-7-18-32-27)33-31(37)35(30)23-14-16-24(36-3)17-15-23/h4-19,29-30H,1-3H3,(H,33,37)/t29-,30+/m0/s1. The lowest BCUT2D eigenvalue weighted by Crippen LogP contribution is -2.29. The molecule has 0 saturated carbocycles. The van der Waals surface area contributed by atoms with Crippen LogP contribution in [0.5, 0.6) is 5.75 Å². The number of fused-ring (bicyclic) bond motifs is 1. The molecule has 1 saturated heterocycles. The van der Waals surface area contributed by atoms with E-state index < -0.39 is 0 Å². The monoisotopic (exact) mass is 504 g/mol. The Morgan fingerprint density at radius 2 is 1.65 bits per heavy atom. The molecule has 3 heterocycles. The van der Waals surface area contributed by atoms with Crippen LogP contribution in [0.2, 0.25) is 0 Å². The lowest BCUT2D eigenvalue weighted by molar-refractivity contribution is 0.415. The molecule has 5 nitrogen and oxygen atoms in total. The number of hydrogen-bond donors (Lipinski definition) is 1. The molecule has 2 atom stereocenters. The summed E-state index contributed by atoms with van der Waals surface area (Å²) in [6.07, 6.45) is 1.84. The van der Waals surface area contributed by atoms with Gasteiger partial charge in [-0.05, 0) is 85.5 Å². The van der Waals surface area contributed by atoms with E-state index in [-0.39, 0.29) is 12.1 Å². The number of thiocarbonyl (C=S) groups is 1. The van der Waals surface area contributed by atoms with Crippen molar-refractivity contribution in [3.8, 4) is 11.4 Å². The number of aryl methyl sites for hydroxylation is 1. The predicted molar refractivity (Wildman–Crippen MR) is 154 cm³/mol. The van der Waals surface area contributed by atoms with E-state index in [1.807, 2.05) is 30.5 Å². The molecule has 1 fully saturated rings. The third-order valence-electron chi connectivity index (χ3n) is 7.25. The summed E-state index contributed by atoms with van der Waals surface area (Å²) in [6.45, 7) is 4.37. The minimum absolute atomic E-state index is 0.0780. The molecule has 184 valence electrons. The Morgan fingerprint density at radius 1 is 0.892 bits per heavy atom. The van der Waals surface area contributed by atoms with Crippen LogP contribution in [-0.4, -0.2) is 21.8 Å². The molecule has 2 aromatic heterocycles. The maximum atomic E-state index is 5.93. The number of nitrogens with one attached hydrogen (secondary N) is 1. The molecule has 0 unspecified atom stereocenters. The molecule has 6 heteroatoms. The Hall–Kier alpha value is -4.16. The van der Waals surface area contributed by atoms with Crippen LogP contribution in [0.25, 0.3) is 16.5 Å². The highest BCUT2D eigenvalue weighted by molar-refractivity contribution is 7.80. The van der Waals surface area contributed by atoms with Crippen molar-refractivity contribution < 1.29 is 4.74 Å². The molecule has 0 spiro atoms. The van der Waals surface area contributed by atoms with Crippen LogP contribution in [-0.2, 0) is 0 Å². The molecule has 0 aliphatic carbocycles. The third-order valence-corrected chi connectivity index (χ3v) is 7.56. The summed E-state index contributed by atoms with van der Waals surface area (Å²) < 4.78 is 7.76. The SMILES string of the molecule is COc1ccc(N2C(=S)N[C@@H](c3ccccn3)[C@H]2c2cc(C)n(-c3cccc4ccccc34)c2C)cc1. The number of ether oxygens (including phenoxy) is 1. The largest absolute Gasteiger partial charge is 0.497 e. The molecule has 0 bridgehead atoms. The average Bonchev–Trinajstić information content (AvgIpc) is 3.43. The van der Waals surface area contributed by atoms with Crippen molar-refractivity contribution >= 4 is 33.8 Å². The fourth-order valence-corrected chi connectivity index (χ4v) is 5.90. The van der Waals surface area contributed by atoms with Gasteiger partial charge in [0.1, 0.15) is 5.75 Å². The van der Waals surface area contributed by atoms with Crippen molar-refractivity contribution in [1.29, 1.82) is 0 Å². The highest BCUT2D eigenvalue weighted by Crippen LogP contribution is 2.44. The maximum absolute atomic E-state index is 5.93. The van der Waals surface area contributed by atoms with Gasteiger partial charge in [-0.2, -0.15) is 0 Å². The minimum Gasteiger partial charge on any atom is -0.497 e. The van der Waals surface area contributed by atoms with E-state index in [0.717, 1.165) is 17.1 Å². The van der Waals surface area contributed by atoms with Gasteiger partial charge in [0.2, 0.25) is 0 Å². The summed E-state index contributed by atoms with van der Waals surface area (Å²) in [6, 6.07) is 31.2. The second-order valence-electron chi connectivity index (χ2n) is 9.35. The van der Waals surface area contributed by atoms with E-state index in [2.05, 4.69) is 95.4 Å². The van der Waals surface area contributed by atoms with Gasteiger partial charge in [0.05, 0.1) is 30.6 Å². The van der Waals surface area contributed by atoms with Crippen LogP contribution < -0.4 is 15.0 Å². The molecule has 1 aliphatic heterocycles. The molecule has 0 amide bonds. The normalized spacial score (nSPS) is 17.3. The number of methoxy groups -OCH3 is 1. The third kappa shape index (κ3) is 3.94. The second-order valence-corrected chi connectivity index (χ2v) is 9.74. The molecule has 3 aromatic carbocycles. The molecule has 37 heavy (non-hydrogen) atoms. The van der Waals surface area contributed by atoms with E-state index in [1.165, 1.54) is 33.4 Å². The van der Waals surface area contributed by atoms with Crippen molar-refractivity contribution in [2.45, 2.75) is 25.9 Å². The zero-order chi connectivity index (χ0) is 25.5. The Bertz CT molecular complexity index is 1590. The lowest BCUT2D eigenvalue weighted by atomic mass is 9.96. The summed E-state index contributed by atoms with van der Waals surface area (Å²) in [5.74, 6) is 0.814. The fraction of sp³-hybridized carbons (Fsp3) is 0.161. The molecule has 1 aliphatic rings. The Morgan fingerprint density at radius 3 is 2.41 bits per heavy atom. The number of aromatic nitrogens is 2. The number of pyridine rings is 1. The Kier molecular flexibility index (Phi) is 5.89. The highest BCUT2D eigenvalue weighted by atomic mass is 32.1. The number of nitrogens with zero attached hydrogens (tertiary/aromatic N) is 3. The van der Waals surface area contributed by atoms with Crippen molar-refractivity contribution in [2.75, 3.05) is 12.0 Å². The zero-order valence-corrected chi connectivity index (χ0v) is 21.9. The molecule has 0 radical (unpaired) electrons. The number of anilines is 1. The van der Waals surface area contributed by atoms with Gasteiger partial charge in [-0.3, -0.25) is 4.98 Å². The van der Waals surface area contributed by atoms with E-state index in [4.69, 9.17) is 21.9 Å². The van der Waals surface area contributed by atoms with Gasteiger partial charge in [-0.1, -0.05) is 42.5 Å². The van der Waals surface area contributed by atoms with Crippen LogP contribution in [0.3, 0.4) is 0 Å². The van der Waals surface area contributed by atoms with Crippen LogP contribution in [0.1, 0.15) is 34.7 Å². The fourth-order valence-electron chi connectivity index (χ4n) is 5.55. The van der Waals surface area contributed by atoms with Gasteiger partial charge in [-0.15, -0.1) is 0 Å². The first-order chi connectivity index (χ1) is 18.1. The zero-order valence-electron chi connectivity index (χ0n) is 21.1. The van der Waals surface area contributed by atoms with E-state index >= 15 is 0 Å². The van der Waals surface area contributed by atoms with Crippen LogP contribution in [0.15, 0.2) is 97.2 Å². The van der Waals surface area contributed by atoms with Crippen molar-refractivity contribution in [2.24, 2.45) is 0 Å². The van der Waals surface area contributed by atoms with Crippen molar-refractivity contribution in [3.05, 3.63) is 120 Å². The van der Waals surface area contributed by atoms with Crippen molar-refractivity contribution in [1.82, 2.24) is 14.9 Å². The maximum Gasteiger partial charge on any atom is 0.174 e. The number of hydrogen-bond acceptors (Lipinski definition) is 3. The average molecular weight is 505 g/mol. The van der Waals surface area contributed by atoms with Crippen molar-refractivity contribution in [3.63, 3.8) is 0 Å². The number of rotatable bonds is 5. The van der Waals surface area contributed by atoms with Crippen LogP contribution in [0, 0.1) is 13.8 Å². The summed E-state index contributed by atoms with van der Waals surface area (Å²) >= 11 is 5.93. The van der Waals surface area contributed by atoms with E-state index in [9.17, 15) is 0 Å². The quantitative estimate of drug-likeness (QED) is 0.266. The first-order valence-corrected chi connectivity index (χ1v) is 12.8. The second kappa shape index (κ2) is 9.37. The lowest BCUT2D eigenvalue weighted by Gasteiger charge is -2.28. The topological polar surface area (TPSA) is 42.3 Å². The summed E-state index contributed by atoms with van der Waals surface area (Å²) in [5.41, 5.74) is 6.72. The Labute approximate surface area is 222 Å². The smallest absolute Gasteiger partial charge is 0.174 e. The summed E-state index contributed by atoms with van der Waals surface area (Å²) in [5, 5.41) is 6.71. The first-order valence-electron chi connectivity index (χ1n) is 12.4. The van der Waals surface area contributed by atoms with Crippen LogP contribution >= 0.6 is 12.2 Å². The van der Waals surface area contributed by atoms with Crippen LogP contribution in [0.4, 0.5) is 5.69 Å². The molecular formula is C31H28N4OS. The van der Waals surface area contributed by atoms with Gasteiger partial charge < -0.3 is 19.5 Å². The highest BCUT2D eigenvalue weighted by Gasteiger charge is 2.42. The molecule has 5 aromatic rings. The van der Waals surface area contributed by atoms with Gasteiger partial charge in [0.25, 0.3) is 0 Å². The van der Waals surface area contributed by atoms with Gasteiger partial charge in [-0.25, -0.2) is 0 Å². The Balaban J connectivity index is 1.53. The molecule has 1 N–H and O–H groups in total. The number of benzene rings is 3. The predicted octanol–water partition coefficient (Wildman–Crippen LogP) is 6.83. The van der Waals surface area contributed by atoms with Gasteiger partial charge in [0, 0.05) is 28.7 Å². The van der Waals surface area contributed by atoms with Gasteiger partial charge >= 0.3 is 0 Å². The van der Waals surface area contributed by atoms with E-state index in [1.54, 1.807) is 7.11 Å². The summed E-state index contributed by atoms with van der Waals surface area (Å²) in [7, 11) is 1.68. The van der Waals surface area contributed by atoms with E-state index in [0.29, 0.717) is 5.11 Å². The minimum atomic E-state index is -0.0998.